The number of halogens is 2. The van der Waals surface area contributed by atoms with E-state index in [0.717, 1.165) is 52.4 Å². The summed E-state index contributed by atoms with van der Waals surface area (Å²) in [5.41, 5.74) is 3.95. The lowest BCUT2D eigenvalue weighted by Crippen LogP contribution is -2.42. The van der Waals surface area contributed by atoms with Gasteiger partial charge in [-0.2, -0.15) is 0 Å². The van der Waals surface area contributed by atoms with Crippen LogP contribution in [0.4, 0.5) is 4.39 Å². The van der Waals surface area contributed by atoms with Gasteiger partial charge in [0.05, 0.1) is 36.4 Å². The van der Waals surface area contributed by atoms with Crippen LogP contribution in [-0.4, -0.2) is 57.5 Å². The van der Waals surface area contributed by atoms with Gasteiger partial charge >= 0.3 is 0 Å². The first-order chi connectivity index (χ1) is 18.9. The van der Waals surface area contributed by atoms with Crippen molar-refractivity contribution >= 4 is 36.6 Å². The Morgan fingerprint density at radius 3 is 2.58 bits per heavy atom. The van der Waals surface area contributed by atoms with Gasteiger partial charge < -0.3 is 13.9 Å². The van der Waals surface area contributed by atoms with Crippen LogP contribution >= 0.6 is 22.6 Å². The van der Waals surface area contributed by atoms with Crippen molar-refractivity contribution in [2.24, 2.45) is 0 Å². The van der Waals surface area contributed by atoms with Crippen molar-refractivity contribution in [1.29, 1.82) is 0 Å². The van der Waals surface area contributed by atoms with E-state index in [0.29, 0.717) is 11.6 Å². The van der Waals surface area contributed by atoms with Gasteiger partial charge in [0.1, 0.15) is 20.9 Å². The van der Waals surface area contributed by atoms with Gasteiger partial charge in [-0.05, 0) is 78.7 Å². The fourth-order valence-electron chi connectivity index (χ4n) is 4.55. The molecule has 0 spiro atoms. The van der Waals surface area contributed by atoms with Gasteiger partial charge in [-0.1, -0.05) is 26.0 Å². The van der Waals surface area contributed by atoms with Crippen molar-refractivity contribution in [3.05, 3.63) is 57.6 Å². The van der Waals surface area contributed by atoms with Gasteiger partial charge in [-0.15, -0.1) is 5.10 Å². The molecule has 1 aliphatic heterocycles. The SMILES string of the molecule is Cc1c(-c2cc(OC(CO[Si](C)(C)C(C)(C)C)c3ccc(F)cn3)n3c(I)cnc3c2)nnn1C1CCOCC1. The van der Waals surface area contributed by atoms with E-state index in [1.807, 2.05) is 28.1 Å². The van der Waals surface area contributed by atoms with E-state index in [-0.39, 0.29) is 17.7 Å². The third-order valence-corrected chi connectivity index (χ3v) is 13.3. The largest absolute Gasteiger partial charge is 0.466 e. The van der Waals surface area contributed by atoms with Crippen LogP contribution in [0, 0.1) is 16.4 Å². The molecule has 0 aromatic carbocycles. The highest BCUT2D eigenvalue weighted by Crippen LogP contribution is 2.38. The zero-order valence-electron chi connectivity index (χ0n) is 23.8. The molecule has 12 heteroatoms. The average molecular weight is 679 g/mol. The maximum atomic E-state index is 13.8. The van der Waals surface area contributed by atoms with E-state index in [1.165, 1.54) is 12.3 Å². The van der Waals surface area contributed by atoms with Crippen LogP contribution in [0.2, 0.25) is 18.1 Å². The summed E-state index contributed by atoms with van der Waals surface area (Å²) in [5.74, 6) is 0.175. The minimum atomic E-state index is -2.10. The average Bonchev–Trinajstić information content (AvgIpc) is 3.49. The molecule has 214 valence electrons. The third kappa shape index (κ3) is 5.95. The van der Waals surface area contributed by atoms with Crippen molar-refractivity contribution in [2.45, 2.75) is 70.8 Å². The molecular weight excluding hydrogens is 642 g/mol. The van der Waals surface area contributed by atoms with E-state index >= 15 is 0 Å². The van der Waals surface area contributed by atoms with Crippen LogP contribution in [0.5, 0.6) is 5.88 Å². The van der Waals surface area contributed by atoms with E-state index in [9.17, 15) is 4.39 Å². The molecule has 1 atom stereocenters. The lowest BCUT2D eigenvalue weighted by Gasteiger charge is -2.37. The van der Waals surface area contributed by atoms with E-state index in [2.05, 4.69) is 76.7 Å². The third-order valence-electron chi connectivity index (χ3n) is 8.01. The molecular formula is C28H36FIN6O3Si. The highest BCUT2D eigenvalue weighted by atomic mass is 127. The van der Waals surface area contributed by atoms with Gasteiger partial charge in [0.15, 0.2) is 14.4 Å². The Morgan fingerprint density at radius 1 is 1.15 bits per heavy atom. The molecule has 5 heterocycles. The molecule has 0 amide bonds. The van der Waals surface area contributed by atoms with Crippen molar-refractivity contribution < 1.29 is 18.3 Å². The summed E-state index contributed by atoms with van der Waals surface area (Å²) < 4.78 is 37.4. The summed E-state index contributed by atoms with van der Waals surface area (Å²) in [6.45, 7) is 14.8. The van der Waals surface area contributed by atoms with Crippen molar-refractivity contribution in [1.82, 2.24) is 29.4 Å². The molecule has 4 aromatic rings. The lowest BCUT2D eigenvalue weighted by molar-refractivity contribution is 0.0651. The van der Waals surface area contributed by atoms with E-state index in [1.54, 1.807) is 12.3 Å². The number of hydrogen-bond acceptors (Lipinski definition) is 7. The van der Waals surface area contributed by atoms with Crippen molar-refractivity contribution in [3.63, 3.8) is 0 Å². The monoisotopic (exact) mass is 678 g/mol. The molecule has 1 aliphatic rings. The normalized spacial score (nSPS) is 16.0. The van der Waals surface area contributed by atoms with E-state index in [4.69, 9.17) is 13.9 Å². The molecule has 5 rings (SSSR count). The zero-order valence-corrected chi connectivity index (χ0v) is 27.0. The fourth-order valence-corrected chi connectivity index (χ4v) is 6.18. The number of rotatable bonds is 8. The number of nitrogens with zero attached hydrogens (tertiary/aromatic N) is 6. The minimum absolute atomic E-state index is 0.0223. The highest BCUT2D eigenvalue weighted by molar-refractivity contribution is 14.1. The Labute approximate surface area is 248 Å². The van der Waals surface area contributed by atoms with Gasteiger partial charge in [0, 0.05) is 24.8 Å². The molecule has 4 aromatic heterocycles. The van der Waals surface area contributed by atoms with Gasteiger partial charge in [-0.25, -0.2) is 14.1 Å². The molecule has 1 unspecified atom stereocenters. The maximum absolute atomic E-state index is 13.8. The molecule has 0 saturated carbocycles. The first kappa shape index (κ1) is 29.1. The number of hydrogen-bond donors (Lipinski definition) is 0. The number of aromatic nitrogens is 6. The maximum Gasteiger partial charge on any atom is 0.201 e. The summed E-state index contributed by atoms with van der Waals surface area (Å²) >= 11 is 2.24. The lowest BCUT2D eigenvalue weighted by atomic mass is 10.1. The highest BCUT2D eigenvalue weighted by Gasteiger charge is 2.38. The van der Waals surface area contributed by atoms with Crippen LogP contribution in [0.1, 0.15) is 57.1 Å². The molecule has 9 nitrogen and oxygen atoms in total. The summed E-state index contributed by atoms with van der Waals surface area (Å²) in [6.07, 6.45) is 4.27. The molecule has 40 heavy (non-hydrogen) atoms. The van der Waals surface area contributed by atoms with Gasteiger partial charge in [-0.3, -0.25) is 9.38 Å². The Kier molecular flexibility index (Phi) is 8.33. The smallest absolute Gasteiger partial charge is 0.201 e. The Balaban J connectivity index is 1.53. The van der Waals surface area contributed by atoms with Crippen molar-refractivity contribution in [2.75, 3.05) is 19.8 Å². The molecule has 1 saturated heterocycles. The summed E-state index contributed by atoms with van der Waals surface area (Å²) in [7, 11) is -2.10. The van der Waals surface area contributed by atoms with Crippen molar-refractivity contribution in [3.8, 4) is 17.1 Å². The first-order valence-electron chi connectivity index (χ1n) is 13.5. The molecule has 0 bridgehead atoms. The van der Waals surface area contributed by atoms with Crippen LogP contribution < -0.4 is 4.74 Å². The number of ether oxygens (including phenoxy) is 2. The minimum Gasteiger partial charge on any atom is -0.466 e. The summed E-state index contributed by atoms with van der Waals surface area (Å²) in [5, 5.41) is 9.09. The Bertz CT molecular complexity index is 1480. The van der Waals surface area contributed by atoms with E-state index < -0.39 is 20.2 Å². The number of fused-ring (bicyclic) bond motifs is 1. The second-order valence-electron chi connectivity index (χ2n) is 11.7. The summed E-state index contributed by atoms with van der Waals surface area (Å²) in [4.78, 5) is 8.97. The van der Waals surface area contributed by atoms with Crippen LogP contribution in [0.3, 0.4) is 0 Å². The van der Waals surface area contributed by atoms with Crippen LogP contribution in [0.15, 0.2) is 36.7 Å². The zero-order chi connectivity index (χ0) is 28.7. The predicted octanol–water partition coefficient (Wildman–Crippen LogP) is 6.53. The van der Waals surface area contributed by atoms with Crippen LogP contribution in [-0.2, 0) is 9.16 Å². The molecule has 0 aliphatic carbocycles. The number of imidazole rings is 1. The second-order valence-corrected chi connectivity index (χ2v) is 17.7. The first-order valence-corrected chi connectivity index (χ1v) is 17.5. The predicted molar refractivity (Wildman–Crippen MR) is 161 cm³/mol. The van der Waals surface area contributed by atoms with Gasteiger partial charge in [0.2, 0.25) is 5.88 Å². The number of pyridine rings is 2. The fraction of sp³-hybridized carbons (Fsp3) is 0.500. The second kappa shape index (κ2) is 11.5. The quantitative estimate of drug-likeness (QED) is 0.155. The molecule has 0 radical (unpaired) electrons. The van der Waals surface area contributed by atoms with Gasteiger partial charge in [0.25, 0.3) is 0 Å². The van der Waals surface area contributed by atoms with Crippen LogP contribution in [0.25, 0.3) is 16.9 Å². The summed E-state index contributed by atoms with van der Waals surface area (Å²) in [6, 6.07) is 7.28. The molecule has 0 N–H and O–H groups in total. The standard InChI is InChI=1S/C28H36FIN6O3Si/c1-18-27(33-34-36(18)21-9-11-37-12-10-21)19-13-25-32-16-24(30)35(25)26(14-19)39-23(22-8-7-20(29)15-31-22)17-38-40(5,6)28(2,3)4/h7-8,13-16,21,23H,9-12,17H2,1-6H3. The Hall–Kier alpha value is -2.42. The Morgan fingerprint density at radius 2 is 1.90 bits per heavy atom. The molecule has 1 fully saturated rings. The topological polar surface area (TPSA) is 88.6 Å².